The summed E-state index contributed by atoms with van der Waals surface area (Å²) in [5.74, 6) is -0.540. The van der Waals surface area contributed by atoms with Gasteiger partial charge in [-0.15, -0.1) is 10.2 Å². The van der Waals surface area contributed by atoms with Crippen molar-refractivity contribution < 1.29 is 23.9 Å². The molecule has 4 rings (SSSR count). The first-order valence-electron chi connectivity index (χ1n) is 12.8. The van der Waals surface area contributed by atoms with Crippen LogP contribution in [-0.4, -0.2) is 62.1 Å². The number of aryl methyl sites for hydroxylation is 1. The van der Waals surface area contributed by atoms with Gasteiger partial charge in [-0.3, -0.25) is 18.9 Å². The van der Waals surface area contributed by atoms with Gasteiger partial charge in [0.15, 0.2) is 11.5 Å². The Morgan fingerprint density at radius 1 is 1.13 bits per heavy atom. The van der Waals surface area contributed by atoms with Crippen LogP contribution >= 0.6 is 0 Å². The SMILES string of the molecule is Cc1ccc(COC(=O)N2CCC[C@@H]2C(N)=O)n2c(C(COCc3ccccc3)NC(=O)C(C)(C)N)nnc12. The van der Waals surface area contributed by atoms with E-state index in [0.717, 1.165) is 11.1 Å². The van der Waals surface area contributed by atoms with E-state index in [1.165, 1.54) is 4.90 Å². The molecule has 5 N–H and O–H groups in total. The van der Waals surface area contributed by atoms with Gasteiger partial charge >= 0.3 is 6.09 Å². The van der Waals surface area contributed by atoms with Crippen LogP contribution in [0.1, 0.15) is 55.4 Å². The summed E-state index contributed by atoms with van der Waals surface area (Å²) < 4.78 is 13.3. The summed E-state index contributed by atoms with van der Waals surface area (Å²) in [6.07, 6.45) is 0.562. The largest absolute Gasteiger partial charge is 0.443 e. The Bertz CT molecular complexity index is 1340. The van der Waals surface area contributed by atoms with Crippen molar-refractivity contribution in [3.63, 3.8) is 0 Å². The molecular formula is C27H35N7O5. The van der Waals surface area contributed by atoms with Crippen LogP contribution in [0, 0.1) is 6.92 Å². The number of nitrogens with one attached hydrogen (secondary N) is 1. The van der Waals surface area contributed by atoms with Gasteiger partial charge in [0, 0.05) is 6.54 Å². The Labute approximate surface area is 226 Å². The first-order chi connectivity index (χ1) is 18.6. The molecule has 1 fully saturated rings. The second-order valence-electron chi connectivity index (χ2n) is 10.3. The molecule has 1 aliphatic heterocycles. The number of hydrogen-bond acceptors (Lipinski definition) is 8. The summed E-state index contributed by atoms with van der Waals surface area (Å²) in [6.45, 7) is 5.81. The molecule has 39 heavy (non-hydrogen) atoms. The van der Waals surface area contributed by atoms with E-state index in [1.54, 1.807) is 24.3 Å². The summed E-state index contributed by atoms with van der Waals surface area (Å²) >= 11 is 0. The Kier molecular flexibility index (Phi) is 8.46. The number of pyridine rings is 1. The van der Waals surface area contributed by atoms with Gasteiger partial charge in [-0.05, 0) is 50.8 Å². The van der Waals surface area contributed by atoms with Crippen LogP contribution in [0.5, 0.6) is 0 Å². The zero-order chi connectivity index (χ0) is 28.2. The van der Waals surface area contributed by atoms with E-state index >= 15 is 0 Å². The Balaban J connectivity index is 1.60. The number of rotatable bonds is 10. The minimum atomic E-state index is -1.14. The third kappa shape index (κ3) is 6.52. The molecule has 208 valence electrons. The maximum absolute atomic E-state index is 12.9. The van der Waals surface area contributed by atoms with Crippen molar-refractivity contribution in [2.75, 3.05) is 13.2 Å². The normalized spacial score (nSPS) is 16.3. The van der Waals surface area contributed by atoms with Gasteiger partial charge in [0.05, 0.1) is 24.4 Å². The van der Waals surface area contributed by atoms with Crippen molar-refractivity contribution in [2.45, 2.75) is 64.4 Å². The lowest BCUT2D eigenvalue weighted by atomic mass is 10.1. The van der Waals surface area contributed by atoms with Crippen LogP contribution in [0.15, 0.2) is 42.5 Å². The van der Waals surface area contributed by atoms with Gasteiger partial charge in [0.2, 0.25) is 11.8 Å². The fourth-order valence-corrected chi connectivity index (χ4v) is 4.44. The average Bonchev–Trinajstić information content (AvgIpc) is 3.56. The van der Waals surface area contributed by atoms with E-state index in [2.05, 4.69) is 15.5 Å². The number of amides is 3. The van der Waals surface area contributed by atoms with Crippen molar-refractivity contribution in [1.82, 2.24) is 24.8 Å². The van der Waals surface area contributed by atoms with Gasteiger partial charge in [-0.2, -0.15) is 0 Å². The average molecular weight is 538 g/mol. The number of likely N-dealkylation sites (tertiary alicyclic amines) is 1. The highest BCUT2D eigenvalue weighted by Gasteiger charge is 2.34. The van der Waals surface area contributed by atoms with Gasteiger partial charge in [0.25, 0.3) is 0 Å². The van der Waals surface area contributed by atoms with Crippen LogP contribution in [0.3, 0.4) is 0 Å². The number of fused-ring (bicyclic) bond motifs is 1. The number of ether oxygens (including phenoxy) is 2. The molecule has 0 bridgehead atoms. The molecular weight excluding hydrogens is 502 g/mol. The van der Waals surface area contributed by atoms with E-state index in [-0.39, 0.29) is 19.1 Å². The molecule has 0 spiro atoms. The number of primary amides is 1. The second-order valence-corrected chi connectivity index (χ2v) is 10.3. The highest BCUT2D eigenvalue weighted by Crippen LogP contribution is 2.22. The summed E-state index contributed by atoms with van der Waals surface area (Å²) in [5.41, 5.74) is 13.3. The topological polar surface area (TPSA) is 167 Å². The molecule has 0 aliphatic carbocycles. The number of hydrogen-bond donors (Lipinski definition) is 3. The monoisotopic (exact) mass is 537 g/mol. The van der Waals surface area contributed by atoms with Crippen LogP contribution in [0.2, 0.25) is 0 Å². The van der Waals surface area contributed by atoms with E-state index in [1.807, 2.05) is 43.3 Å². The molecule has 2 atom stereocenters. The zero-order valence-corrected chi connectivity index (χ0v) is 22.4. The number of aromatic nitrogens is 3. The van der Waals surface area contributed by atoms with Gasteiger partial charge in [-0.25, -0.2) is 4.79 Å². The number of nitrogens with zero attached hydrogens (tertiary/aromatic N) is 4. The van der Waals surface area contributed by atoms with Crippen LogP contribution in [-0.2, 0) is 32.3 Å². The maximum Gasteiger partial charge on any atom is 0.410 e. The predicted octanol–water partition coefficient (Wildman–Crippen LogP) is 1.74. The summed E-state index contributed by atoms with van der Waals surface area (Å²) in [7, 11) is 0. The quantitative estimate of drug-likeness (QED) is 0.351. The van der Waals surface area contributed by atoms with Crippen LogP contribution < -0.4 is 16.8 Å². The number of nitrogens with two attached hydrogens (primary N) is 2. The van der Waals surface area contributed by atoms with Crippen LogP contribution in [0.4, 0.5) is 4.79 Å². The summed E-state index contributed by atoms with van der Waals surface area (Å²) in [4.78, 5) is 38.7. The molecule has 1 unspecified atom stereocenters. The lowest BCUT2D eigenvalue weighted by Crippen LogP contribution is -2.51. The smallest absolute Gasteiger partial charge is 0.410 e. The molecule has 0 radical (unpaired) electrons. The van der Waals surface area contributed by atoms with Crippen molar-refractivity contribution in [3.05, 3.63) is 65.1 Å². The first kappa shape index (κ1) is 28.0. The third-order valence-corrected chi connectivity index (χ3v) is 6.61. The van der Waals surface area contributed by atoms with Crippen LogP contribution in [0.25, 0.3) is 5.65 Å². The Hall–Kier alpha value is -4.03. The molecule has 2 aromatic heterocycles. The molecule has 0 saturated carbocycles. The van der Waals surface area contributed by atoms with Crippen molar-refractivity contribution in [3.8, 4) is 0 Å². The summed E-state index contributed by atoms with van der Waals surface area (Å²) in [5, 5.41) is 11.7. The fraction of sp³-hybridized carbons (Fsp3) is 0.444. The van der Waals surface area contributed by atoms with E-state index in [9.17, 15) is 14.4 Å². The maximum atomic E-state index is 12.9. The Morgan fingerprint density at radius 3 is 2.56 bits per heavy atom. The van der Waals surface area contributed by atoms with E-state index in [4.69, 9.17) is 20.9 Å². The van der Waals surface area contributed by atoms with Crippen molar-refractivity contribution >= 4 is 23.6 Å². The number of benzene rings is 1. The van der Waals surface area contributed by atoms with Gasteiger partial charge < -0.3 is 26.3 Å². The predicted molar refractivity (Wildman–Crippen MR) is 142 cm³/mol. The molecule has 3 aromatic rings. The molecule has 1 aromatic carbocycles. The molecule has 1 aliphatic rings. The second kappa shape index (κ2) is 11.8. The van der Waals surface area contributed by atoms with E-state index in [0.29, 0.717) is 43.2 Å². The number of carbonyl (C=O) groups excluding carboxylic acids is 3. The number of carbonyl (C=O) groups is 3. The highest BCUT2D eigenvalue weighted by molar-refractivity contribution is 5.85. The standard InChI is InChI=1S/C27H35N7O5/c1-17-11-12-19(15-39-26(37)33-13-7-10-21(33)22(28)35)34-23(17)31-32-24(34)20(30-25(36)27(2,3)29)16-38-14-18-8-5-4-6-9-18/h4-6,8-9,11-12,20-21H,7,10,13-16,29H2,1-3H3,(H2,28,35)(H,30,36)/t20?,21-/m1/s1. The van der Waals surface area contributed by atoms with E-state index < -0.39 is 29.6 Å². The minimum absolute atomic E-state index is 0.0960. The highest BCUT2D eigenvalue weighted by atomic mass is 16.6. The Morgan fingerprint density at radius 2 is 1.87 bits per heavy atom. The van der Waals surface area contributed by atoms with Gasteiger partial charge in [-0.1, -0.05) is 36.4 Å². The van der Waals surface area contributed by atoms with Crippen molar-refractivity contribution in [2.24, 2.45) is 11.5 Å². The lowest BCUT2D eigenvalue weighted by molar-refractivity contribution is -0.126. The molecule has 1 saturated heterocycles. The first-order valence-corrected chi connectivity index (χ1v) is 12.8. The fourth-order valence-electron chi connectivity index (χ4n) is 4.44. The lowest BCUT2D eigenvalue weighted by Gasteiger charge is -2.24. The zero-order valence-electron chi connectivity index (χ0n) is 22.4. The van der Waals surface area contributed by atoms with Crippen molar-refractivity contribution in [1.29, 1.82) is 0 Å². The van der Waals surface area contributed by atoms with Gasteiger partial charge in [0.1, 0.15) is 18.7 Å². The minimum Gasteiger partial charge on any atom is -0.443 e. The third-order valence-electron chi connectivity index (χ3n) is 6.61. The summed E-state index contributed by atoms with van der Waals surface area (Å²) in [6, 6.07) is 11.9. The molecule has 3 heterocycles. The molecule has 3 amide bonds. The molecule has 12 heteroatoms. The molecule has 12 nitrogen and oxygen atoms in total.